The van der Waals surface area contributed by atoms with Crippen molar-refractivity contribution in [3.05, 3.63) is 76.6 Å². The van der Waals surface area contributed by atoms with E-state index in [9.17, 15) is 18.0 Å². The molecule has 11 nitrogen and oxygen atoms in total. The Hall–Kier alpha value is -3.90. The van der Waals surface area contributed by atoms with Crippen molar-refractivity contribution in [3.8, 4) is 11.5 Å². The van der Waals surface area contributed by atoms with E-state index in [1.165, 1.54) is 10.6 Å². The molecular weight excluding hydrogens is 546 g/mol. The lowest BCUT2D eigenvalue weighted by Gasteiger charge is -2.33. The number of rotatable bonds is 10. The largest absolute Gasteiger partial charge is 0.493 e. The summed E-state index contributed by atoms with van der Waals surface area (Å²) in [5, 5.41) is 7.45. The molecule has 2 aliphatic rings. The summed E-state index contributed by atoms with van der Waals surface area (Å²) in [6, 6.07) is 12.7. The van der Waals surface area contributed by atoms with Crippen molar-refractivity contribution >= 4 is 21.8 Å². The van der Waals surface area contributed by atoms with E-state index in [2.05, 4.69) is 10.4 Å². The average Bonchev–Trinajstić information content (AvgIpc) is 3.74. The Labute approximate surface area is 240 Å². The molecule has 41 heavy (non-hydrogen) atoms. The molecule has 0 spiro atoms. The van der Waals surface area contributed by atoms with Crippen molar-refractivity contribution in [2.75, 3.05) is 39.5 Å². The maximum absolute atomic E-state index is 12.9. The van der Waals surface area contributed by atoms with Gasteiger partial charge in [0.2, 0.25) is 10.0 Å². The topological polar surface area (TPSA) is 123 Å². The predicted octanol–water partition coefficient (Wildman–Crippen LogP) is 2.53. The van der Waals surface area contributed by atoms with Crippen molar-refractivity contribution in [3.63, 3.8) is 0 Å². The molecule has 3 aromatic rings. The van der Waals surface area contributed by atoms with Crippen LogP contribution in [0, 0.1) is 0 Å². The Kier molecular flexibility index (Phi) is 8.32. The molecule has 0 atom stereocenters. The van der Waals surface area contributed by atoms with Crippen LogP contribution in [-0.4, -0.2) is 78.8 Å². The maximum atomic E-state index is 12.9. The van der Waals surface area contributed by atoms with Crippen molar-refractivity contribution in [2.24, 2.45) is 7.05 Å². The smallest absolute Gasteiger partial charge is 0.255 e. The molecular formula is C29H35N5O6S. The van der Waals surface area contributed by atoms with Crippen LogP contribution in [-0.2, 0) is 30.2 Å². The van der Waals surface area contributed by atoms with Crippen LogP contribution in [0.1, 0.15) is 56.3 Å². The van der Waals surface area contributed by atoms with E-state index in [0.29, 0.717) is 54.7 Å². The summed E-state index contributed by atoms with van der Waals surface area (Å²) in [6.07, 6.45) is 5.07. The normalized spacial score (nSPS) is 15.9. The lowest BCUT2D eigenvalue weighted by Crippen LogP contribution is -2.50. The number of nitrogens with zero attached hydrogens (tertiary/aromatic N) is 4. The van der Waals surface area contributed by atoms with Gasteiger partial charge in [-0.25, -0.2) is 8.42 Å². The van der Waals surface area contributed by atoms with Gasteiger partial charge in [-0.05, 0) is 36.6 Å². The van der Waals surface area contributed by atoms with Gasteiger partial charge in [0.25, 0.3) is 11.8 Å². The maximum Gasteiger partial charge on any atom is 0.255 e. The van der Waals surface area contributed by atoms with Crippen LogP contribution in [0.5, 0.6) is 11.5 Å². The molecule has 0 unspecified atom stereocenters. The predicted molar refractivity (Wildman–Crippen MR) is 152 cm³/mol. The second kappa shape index (κ2) is 11.9. The molecule has 1 N–H and O–H groups in total. The third kappa shape index (κ3) is 6.71. The van der Waals surface area contributed by atoms with Gasteiger partial charge in [0.05, 0.1) is 24.6 Å². The number of amides is 2. The van der Waals surface area contributed by atoms with E-state index in [1.807, 2.05) is 37.4 Å². The minimum absolute atomic E-state index is 0.127. The monoisotopic (exact) mass is 581 g/mol. The average molecular weight is 582 g/mol. The fraction of sp³-hybridized carbons (Fsp3) is 0.414. The van der Waals surface area contributed by atoms with Crippen molar-refractivity contribution in [1.29, 1.82) is 0 Å². The van der Waals surface area contributed by atoms with Gasteiger partial charge in [-0.2, -0.15) is 9.40 Å². The Morgan fingerprint density at radius 1 is 1.05 bits per heavy atom. The first-order valence-corrected chi connectivity index (χ1v) is 15.4. The Morgan fingerprint density at radius 2 is 1.76 bits per heavy atom. The number of hydrogen-bond acceptors (Lipinski definition) is 7. The number of ether oxygens (including phenoxy) is 2. The van der Waals surface area contributed by atoms with Gasteiger partial charge in [0, 0.05) is 63.0 Å². The molecule has 2 aromatic carbocycles. The minimum atomic E-state index is -3.25. The molecule has 12 heteroatoms. The number of methoxy groups -OCH3 is 1. The number of sulfonamides is 1. The highest BCUT2D eigenvalue weighted by atomic mass is 32.2. The van der Waals surface area contributed by atoms with Crippen LogP contribution in [0.3, 0.4) is 0 Å². The van der Waals surface area contributed by atoms with Gasteiger partial charge in [0.1, 0.15) is 6.61 Å². The first kappa shape index (κ1) is 28.6. The number of carbonyl (C=O) groups excluding carboxylic acids is 2. The first-order valence-electron chi connectivity index (χ1n) is 13.6. The number of hydrogen-bond donors (Lipinski definition) is 1. The van der Waals surface area contributed by atoms with E-state index >= 15 is 0 Å². The fourth-order valence-corrected chi connectivity index (χ4v) is 5.79. The second-order valence-corrected chi connectivity index (χ2v) is 12.4. The molecule has 0 bridgehead atoms. The van der Waals surface area contributed by atoms with Crippen LogP contribution >= 0.6 is 0 Å². The summed E-state index contributed by atoms with van der Waals surface area (Å²) >= 11 is 0. The summed E-state index contributed by atoms with van der Waals surface area (Å²) < 4.78 is 38.2. The number of aryl methyl sites for hydroxylation is 1. The van der Waals surface area contributed by atoms with Crippen LogP contribution < -0.4 is 14.8 Å². The standard InChI is InChI=1S/C29H35N5O6S/c1-32-18-24(26(31-32)21-11-12-21)28(35)30-17-23-5-4-6-25(27(23)39-2)40-19-20-7-9-22(10-8-20)29(36)33-13-15-34(16-14-33)41(3,37)38/h4-10,18,21H,11-17,19H2,1-3H3,(H,30,35). The van der Waals surface area contributed by atoms with E-state index in [-0.39, 0.29) is 25.0 Å². The number of nitrogens with one attached hydrogen (secondary N) is 1. The zero-order chi connectivity index (χ0) is 29.1. The number of piperazine rings is 1. The highest BCUT2D eigenvalue weighted by molar-refractivity contribution is 7.88. The van der Waals surface area contributed by atoms with E-state index in [0.717, 1.165) is 29.7 Å². The van der Waals surface area contributed by atoms with Gasteiger partial charge in [-0.1, -0.05) is 24.3 Å². The summed E-state index contributed by atoms with van der Waals surface area (Å²) in [5.74, 6) is 1.16. The molecule has 2 heterocycles. The molecule has 5 rings (SSSR count). The number of aromatic nitrogens is 2. The second-order valence-electron chi connectivity index (χ2n) is 10.4. The number of carbonyl (C=O) groups is 2. The van der Waals surface area contributed by atoms with Crippen molar-refractivity contribution in [1.82, 2.24) is 24.3 Å². The molecule has 1 aliphatic heterocycles. The van der Waals surface area contributed by atoms with E-state index in [4.69, 9.17) is 9.47 Å². The molecule has 1 aromatic heterocycles. The van der Waals surface area contributed by atoms with Crippen molar-refractivity contribution < 1.29 is 27.5 Å². The molecule has 2 amide bonds. The van der Waals surface area contributed by atoms with Crippen LogP contribution in [0.4, 0.5) is 0 Å². The van der Waals surface area contributed by atoms with Gasteiger partial charge in [-0.15, -0.1) is 0 Å². The Balaban J connectivity index is 1.17. The van der Waals surface area contributed by atoms with Gasteiger partial charge in [0.15, 0.2) is 11.5 Å². The van der Waals surface area contributed by atoms with Crippen LogP contribution in [0.15, 0.2) is 48.7 Å². The minimum Gasteiger partial charge on any atom is -0.493 e. The Morgan fingerprint density at radius 3 is 2.39 bits per heavy atom. The number of para-hydroxylation sites is 1. The fourth-order valence-electron chi connectivity index (χ4n) is 4.97. The summed E-state index contributed by atoms with van der Waals surface area (Å²) in [5.41, 5.74) is 3.66. The molecule has 0 radical (unpaired) electrons. The summed E-state index contributed by atoms with van der Waals surface area (Å²) in [6.45, 7) is 1.84. The highest BCUT2D eigenvalue weighted by Crippen LogP contribution is 2.40. The van der Waals surface area contributed by atoms with Crippen LogP contribution in [0.25, 0.3) is 0 Å². The lowest BCUT2D eigenvalue weighted by molar-refractivity contribution is 0.0698. The third-order valence-electron chi connectivity index (χ3n) is 7.36. The highest BCUT2D eigenvalue weighted by Gasteiger charge is 2.31. The summed E-state index contributed by atoms with van der Waals surface area (Å²) in [4.78, 5) is 27.5. The quantitative estimate of drug-likeness (QED) is 0.390. The third-order valence-corrected chi connectivity index (χ3v) is 8.66. The van der Waals surface area contributed by atoms with E-state index < -0.39 is 10.0 Å². The first-order chi connectivity index (χ1) is 19.6. The molecule has 1 aliphatic carbocycles. The summed E-state index contributed by atoms with van der Waals surface area (Å²) in [7, 11) is 0.136. The van der Waals surface area contributed by atoms with Gasteiger partial charge >= 0.3 is 0 Å². The Bertz CT molecular complexity index is 1520. The molecule has 1 saturated heterocycles. The zero-order valence-electron chi connectivity index (χ0n) is 23.5. The molecule has 218 valence electrons. The molecule has 1 saturated carbocycles. The number of benzene rings is 2. The molecule has 2 fully saturated rings. The van der Waals surface area contributed by atoms with E-state index in [1.54, 1.807) is 35.0 Å². The SMILES string of the molecule is COc1c(CNC(=O)c2cn(C)nc2C2CC2)cccc1OCc1ccc(C(=O)N2CCN(S(C)(=O)=O)CC2)cc1. The van der Waals surface area contributed by atoms with Gasteiger partial charge < -0.3 is 19.7 Å². The van der Waals surface area contributed by atoms with Crippen LogP contribution in [0.2, 0.25) is 0 Å². The zero-order valence-corrected chi connectivity index (χ0v) is 24.3. The van der Waals surface area contributed by atoms with Crippen molar-refractivity contribution in [2.45, 2.75) is 31.9 Å². The lowest BCUT2D eigenvalue weighted by atomic mass is 10.1. The van der Waals surface area contributed by atoms with Gasteiger partial charge in [-0.3, -0.25) is 14.3 Å².